The van der Waals surface area contributed by atoms with Crippen molar-refractivity contribution in [3.8, 4) is 6.07 Å². The number of carbonyl (C=O) groups is 1. The van der Waals surface area contributed by atoms with Crippen molar-refractivity contribution in [2.45, 2.75) is 6.10 Å². The van der Waals surface area contributed by atoms with Crippen molar-refractivity contribution >= 4 is 34.8 Å². The molecule has 0 spiro atoms. The number of aliphatic hydroxyl groups excluding tert-OH is 1. The fourth-order valence-electron chi connectivity index (χ4n) is 2.99. The molecule has 0 saturated heterocycles. The second-order valence-electron chi connectivity index (χ2n) is 6.49. The minimum atomic E-state index is -0.797. The van der Waals surface area contributed by atoms with E-state index in [-0.39, 0.29) is 18.1 Å². The lowest BCUT2D eigenvalue weighted by Crippen LogP contribution is -2.34. The van der Waals surface area contributed by atoms with Crippen molar-refractivity contribution in [3.05, 3.63) is 77.2 Å². The van der Waals surface area contributed by atoms with E-state index in [0.717, 1.165) is 10.5 Å². The van der Waals surface area contributed by atoms with Crippen LogP contribution in [0.2, 0.25) is 5.02 Å². The number of primary amides is 1. The van der Waals surface area contributed by atoms with E-state index in [2.05, 4.69) is 9.97 Å². The molecule has 0 fully saturated rings. The van der Waals surface area contributed by atoms with Crippen molar-refractivity contribution in [2.75, 3.05) is 23.4 Å². The third kappa shape index (κ3) is 4.66. The van der Waals surface area contributed by atoms with Crippen LogP contribution in [-0.4, -0.2) is 34.7 Å². The molecule has 1 unspecified atom stereocenters. The van der Waals surface area contributed by atoms with Crippen molar-refractivity contribution in [1.29, 1.82) is 5.26 Å². The summed E-state index contributed by atoms with van der Waals surface area (Å²) in [5.41, 5.74) is 7.47. The van der Waals surface area contributed by atoms with Crippen molar-refractivity contribution in [1.82, 2.24) is 9.97 Å². The van der Waals surface area contributed by atoms with Crippen LogP contribution in [0, 0.1) is 11.3 Å². The second-order valence-corrected chi connectivity index (χ2v) is 6.92. The lowest BCUT2D eigenvalue weighted by atomic mass is 10.1. The molecule has 0 bridgehead atoms. The Labute approximate surface area is 178 Å². The predicted molar refractivity (Wildman–Crippen MR) is 115 cm³/mol. The maximum absolute atomic E-state index is 12.3. The maximum Gasteiger partial charge on any atom is 0.325 e. The van der Waals surface area contributed by atoms with E-state index in [1.54, 1.807) is 30.1 Å². The Morgan fingerprint density at radius 2 is 1.93 bits per heavy atom. The number of aromatic nitrogens is 2. The fraction of sp³-hybridized carbons (Fsp3) is 0.143. The summed E-state index contributed by atoms with van der Waals surface area (Å²) in [6, 6.07) is 15.3. The van der Waals surface area contributed by atoms with Gasteiger partial charge in [0.25, 0.3) is 0 Å². The van der Waals surface area contributed by atoms with E-state index in [1.807, 2.05) is 36.4 Å². The van der Waals surface area contributed by atoms with Crippen LogP contribution < -0.4 is 15.5 Å². The fourth-order valence-corrected chi connectivity index (χ4v) is 3.15. The van der Waals surface area contributed by atoms with Gasteiger partial charge < -0.3 is 15.7 Å². The SMILES string of the molecule is CN(CC(O)c1ccccc1)c1ccc(Cl)cc1N(C(N)=O)c1cnc(C#N)cn1. The van der Waals surface area contributed by atoms with E-state index >= 15 is 0 Å². The summed E-state index contributed by atoms with van der Waals surface area (Å²) in [5, 5.41) is 19.9. The van der Waals surface area contributed by atoms with Crippen LogP contribution in [0.3, 0.4) is 0 Å². The minimum Gasteiger partial charge on any atom is -0.387 e. The third-order valence-corrected chi connectivity index (χ3v) is 4.66. The second kappa shape index (κ2) is 9.22. The molecule has 1 atom stereocenters. The molecule has 30 heavy (non-hydrogen) atoms. The molecule has 3 rings (SSSR count). The number of urea groups is 1. The van der Waals surface area contributed by atoms with Crippen LogP contribution in [0.1, 0.15) is 17.4 Å². The first kappa shape index (κ1) is 21.0. The van der Waals surface area contributed by atoms with E-state index in [4.69, 9.17) is 22.6 Å². The highest BCUT2D eigenvalue weighted by Crippen LogP contribution is 2.36. The van der Waals surface area contributed by atoms with Gasteiger partial charge in [-0.05, 0) is 23.8 Å². The highest BCUT2D eigenvalue weighted by Gasteiger charge is 2.23. The van der Waals surface area contributed by atoms with Gasteiger partial charge in [-0.15, -0.1) is 0 Å². The van der Waals surface area contributed by atoms with Crippen molar-refractivity contribution in [2.24, 2.45) is 5.73 Å². The monoisotopic (exact) mass is 422 g/mol. The molecule has 2 amide bonds. The Morgan fingerprint density at radius 1 is 1.20 bits per heavy atom. The van der Waals surface area contributed by atoms with Gasteiger partial charge in [-0.3, -0.25) is 0 Å². The average Bonchev–Trinajstić information content (AvgIpc) is 2.74. The molecule has 0 aliphatic carbocycles. The van der Waals surface area contributed by atoms with Crippen LogP contribution >= 0.6 is 11.6 Å². The summed E-state index contributed by atoms with van der Waals surface area (Å²) in [7, 11) is 1.78. The van der Waals surface area contributed by atoms with Crippen LogP contribution in [0.25, 0.3) is 0 Å². The molecule has 1 aromatic heterocycles. The first-order valence-electron chi connectivity index (χ1n) is 8.96. The number of halogens is 1. The van der Waals surface area contributed by atoms with Crippen LogP contribution in [0.15, 0.2) is 60.9 Å². The smallest absolute Gasteiger partial charge is 0.325 e. The van der Waals surface area contributed by atoms with Gasteiger partial charge in [0.15, 0.2) is 11.5 Å². The molecule has 0 radical (unpaired) electrons. The minimum absolute atomic E-state index is 0.109. The summed E-state index contributed by atoms with van der Waals surface area (Å²) < 4.78 is 0. The molecule has 0 aliphatic heterocycles. The van der Waals surface area contributed by atoms with Gasteiger partial charge in [0.1, 0.15) is 6.07 Å². The van der Waals surface area contributed by atoms with E-state index in [0.29, 0.717) is 16.4 Å². The van der Waals surface area contributed by atoms with Crippen molar-refractivity contribution in [3.63, 3.8) is 0 Å². The van der Waals surface area contributed by atoms with E-state index in [9.17, 15) is 9.90 Å². The van der Waals surface area contributed by atoms with Gasteiger partial charge in [-0.1, -0.05) is 41.9 Å². The van der Waals surface area contributed by atoms with E-state index < -0.39 is 12.1 Å². The van der Waals surface area contributed by atoms with Crippen molar-refractivity contribution < 1.29 is 9.90 Å². The zero-order valence-corrected chi connectivity index (χ0v) is 16.9. The molecule has 9 heteroatoms. The predicted octanol–water partition coefficient (Wildman–Crippen LogP) is 3.39. The number of benzene rings is 2. The molecule has 8 nitrogen and oxygen atoms in total. The Morgan fingerprint density at radius 3 is 2.53 bits per heavy atom. The summed E-state index contributed by atoms with van der Waals surface area (Å²) in [4.78, 5) is 23.3. The number of amides is 2. The number of aliphatic hydroxyl groups is 1. The number of nitrogens with zero attached hydrogens (tertiary/aromatic N) is 5. The molecular formula is C21H19ClN6O2. The first-order valence-corrected chi connectivity index (χ1v) is 9.34. The third-order valence-electron chi connectivity index (χ3n) is 4.42. The van der Waals surface area contributed by atoms with Gasteiger partial charge in [-0.2, -0.15) is 5.26 Å². The summed E-state index contributed by atoms with van der Waals surface area (Å²) in [6.45, 7) is 0.254. The molecule has 0 saturated carbocycles. The van der Waals surface area contributed by atoms with Gasteiger partial charge in [-0.25, -0.2) is 19.7 Å². The first-order chi connectivity index (χ1) is 14.4. The molecule has 0 aliphatic rings. The highest BCUT2D eigenvalue weighted by molar-refractivity contribution is 6.31. The Bertz CT molecular complexity index is 1070. The zero-order valence-electron chi connectivity index (χ0n) is 16.1. The summed E-state index contributed by atoms with van der Waals surface area (Å²) >= 11 is 6.18. The summed E-state index contributed by atoms with van der Waals surface area (Å²) in [6.07, 6.45) is 1.78. The molecular weight excluding hydrogens is 404 g/mol. The van der Waals surface area contributed by atoms with Gasteiger partial charge >= 0.3 is 6.03 Å². The molecule has 3 aromatic rings. The number of nitriles is 1. The molecule has 152 valence electrons. The molecule has 1 heterocycles. The quantitative estimate of drug-likeness (QED) is 0.628. The number of hydrogen-bond donors (Lipinski definition) is 2. The Balaban J connectivity index is 1.98. The number of rotatable bonds is 6. The standard InChI is InChI=1S/C21H19ClN6O2/c1-27(13-19(29)14-5-3-2-4-6-14)17-8-7-15(22)9-18(17)28(21(24)30)20-12-25-16(10-23)11-26-20/h2-9,11-12,19,29H,13H2,1H3,(H2,24,30). The maximum atomic E-state index is 12.3. The van der Waals surface area contributed by atoms with Crippen LogP contribution in [0.5, 0.6) is 0 Å². The molecule has 3 N–H and O–H groups in total. The molecule has 2 aromatic carbocycles. The van der Waals surface area contributed by atoms with Gasteiger partial charge in [0.05, 0.1) is 29.9 Å². The Kier molecular flexibility index (Phi) is 6.47. The number of carbonyl (C=O) groups excluding carboxylic acids is 1. The van der Waals surface area contributed by atoms with E-state index in [1.165, 1.54) is 12.4 Å². The average molecular weight is 423 g/mol. The lowest BCUT2D eigenvalue weighted by molar-refractivity contribution is 0.185. The number of nitrogens with two attached hydrogens (primary N) is 1. The van der Waals surface area contributed by atoms with Crippen LogP contribution in [-0.2, 0) is 0 Å². The lowest BCUT2D eigenvalue weighted by Gasteiger charge is -2.29. The Hall–Kier alpha value is -3.67. The largest absolute Gasteiger partial charge is 0.387 e. The zero-order chi connectivity index (χ0) is 21.7. The van der Waals surface area contributed by atoms with Gasteiger partial charge in [0, 0.05) is 18.6 Å². The highest BCUT2D eigenvalue weighted by atomic mass is 35.5. The number of likely N-dealkylation sites (N-methyl/N-ethyl adjacent to an activating group) is 1. The van der Waals surface area contributed by atoms with Gasteiger partial charge in [0.2, 0.25) is 0 Å². The normalized spacial score (nSPS) is 11.4. The number of anilines is 3. The number of hydrogen-bond acceptors (Lipinski definition) is 6. The topological polar surface area (TPSA) is 119 Å². The summed E-state index contributed by atoms with van der Waals surface area (Å²) in [5.74, 6) is 0.141. The van der Waals surface area contributed by atoms with Crippen LogP contribution in [0.4, 0.5) is 22.0 Å².